The highest BCUT2D eigenvalue weighted by molar-refractivity contribution is 6.37. The van der Waals surface area contributed by atoms with Crippen molar-refractivity contribution in [1.29, 1.82) is 0 Å². The molecule has 1 heterocycles. The van der Waals surface area contributed by atoms with Gasteiger partial charge in [0.1, 0.15) is 11.5 Å². The minimum Gasteiger partial charge on any atom is -0.495 e. The van der Waals surface area contributed by atoms with E-state index in [4.69, 9.17) is 32.7 Å². The fraction of sp³-hybridized carbons (Fsp3) is 0.368. The molecule has 1 unspecified atom stereocenters. The predicted molar refractivity (Wildman–Crippen MR) is 103 cm³/mol. The van der Waals surface area contributed by atoms with Crippen molar-refractivity contribution in [3.63, 3.8) is 0 Å². The number of para-hydroxylation sites is 1. The van der Waals surface area contributed by atoms with Crippen LogP contribution in [0.25, 0.3) is 0 Å². The molecule has 1 fully saturated rings. The van der Waals surface area contributed by atoms with Gasteiger partial charge in [0.25, 0.3) is 0 Å². The van der Waals surface area contributed by atoms with Crippen LogP contribution in [0.15, 0.2) is 30.3 Å². The molecule has 0 saturated carbocycles. The topological polar surface area (TPSA) is 42.5 Å². The molecule has 1 aliphatic heterocycles. The van der Waals surface area contributed by atoms with Crippen LogP contribution in [0, 0.1) is 6.07 Å². The summed E-state index contributed by atoms with van der Waals surface area (Å²) in [5.41, 5.74) is 1.42. The number of hydrogen-bond donors (Lipinski definition) is 2. The summed E-state index contributed by atoms with van der Waals surface area (Å²) in [6.07, 6.45) is 3.45. The number of hydrogen-bond acceptors (Lipinski definition) is 4. The van der Waals surface area contributed by atoms with Crippen LogP contribution in [-0.4, -0.2) is 26.3 Å². The van der Waals surface area contributed by atoms with Gasteiger partial charge >= 0.3 is 0 Å². The molecule has 0 amide bonds. The summed E-state index contributed by atoms with van der Waals surface area (Å²) in [4.78, 5) is 0. The second-order valence-electron chi connectivity index (χ2n) is 5.93. The van der Waals surface area contributed by atoms with Crippen molar-refractivity contribution >= 4 is 34.6 Å². The third-order valence-corrected chi connectivity index (χ3v) is 4.81. The molecule has 4 nitrogen and oxygen atoms in total. The largest absolute Gasteiger partial charge is 0.495 e. The highest BCUT2D eigenvalue weighted by Crippen LogP contribution is 2.37. The van der Waals surface area contributed by atoms with E-state index >= 15 is 0 Å². The van der Waals surface area contributed by atoms with Crippen LogP contribution in [-0.2, 0) is 0 Å². The zero-order valence-corrected chi connectivity index (χ0v) is 15.6. The van der Waals surface area contributed by atoms with Crippen molar-refractivity contribution in [3.8, 4) is 11.5 Å². The summed E-state index contributed by atoms with van der Waals surface area (Å²) in [6, 6.07) is 12.8. The Bertz CT molecular complexity index is 719. The lowest BCUT2D eigenvalue weighted by atomic mass is 10.2. The summed E-state index contributed by atoms with van der Waals surface area (Å²) < 4.78 is 11.2. The van der Waals surface area contributed by atoms with Gasteiger partial charge < -0.3 is 20.1 Å². The number of halogens is 2. The Morgan fingerprint density at radius 2 is 2.16 bits per heavy atom. The molecule has 3 rings (SSSR count). The Hall–Kier alpha value is -1.62. The number of benzene rings is 2. The Morgan fingerprint density at radius 1 is 1.28 bits per heavy atom. The number of anilines is 2. The molecule has 1 radical (unpaired) electrons. The van der Waals surface area contributed by atoms with E-state index < -0.39 is 0 Å². The van der Waals surface area contributed by atoms with E-state index in [0.29, 0.717) is 34.1 Å². The molecule has 25 heavy (non-hydrogen) atoms. The van der Waals surface area contributed by atoms with Crippen LogP contribution in [0.2, 0.25) is 10.0 Å². The maximum absolute atomic E-state index is 6.29. The Balaban J connectivity index is 1.70. The first-order valence-electron chi connectivity index (χ1n) is 8.34. The molecule has 2 N–H and O–H groups in total. The lowest BCUT2D eigenvalue weighted by molar-refractivity contribution is 0.293. The molecule has 2 aromatic rings. The third-order valence-electron chi connectivity index (χ3n) is 4.21. The fourth-order valence-electron chi connectivity index (χ4n) is 2.87. The summed E-state index contributed by atoms with van der Waals surface area (Å²) in [5, 5.41) is 7.70. The monoisotopic (exact) mass is 379 g/mol. The lowest BCUT2D eigenvalue weighted by Gasteiger charge is -2.16. The van der Waals surface area contributed by atoms with Gasteiger partial charge in [0, 0.05) is 18.2 Å². The smallest absolute Gasteiger partial charge is 0.143 e. The first-order chi connectivity index (χ1) is 12.2. The molecule has 2 aromatic carbocycles. The van der Waals surface area contributed by atoms with Gasteiger partial charge in [0.05, 0.1) is 35.1 Å². The second kappa shape index (κ2) is 8.65. The van der Waals surface area contributed by atoms with E-state index in [-0.39, 0.29) is 0 Å². The Kier molecular flexibility index (Phi) is 6.29. The molecule has 0 bridgehead atoms. The van der Waals surface area contributed by atoms with E-state index in [1.807, 2.05) is 18.2 Å². The normalized spacial score (nSPS) is 16.7. The van der Waals surface area contributed by atoms with Crippen LogP contribution in [0.3, 0.4) is 0 Å². The minimum atomic E-state index is 0.468. The van der Waals surface area contributed by atoms with E-state index in [1.54, 1.807) is 19.2 Å². The van der Waals surface area contributed by atoms with Gasteiger partial charge in [-0.05, 0) is 37.9 Å². The van der Waals surface area contributed by atoms with Gasteiger partial charge in [0.15, 0.2) is 0 Å². The van der Waals surface area contributed by atoms with Gasteiger partial charge in [0.2, 0.25) is 0 Å². The first kappa shape index (κ1) is 18.2. The van der Waals surface area contributed by atoms with Crippen LogP contribution < -0.4 is 20.1 Å². The van der Waals surface area contributed by atoms with E-state index in [2.05, 4.69) is 16.7 Å². The summed E-state index contributed by atoms with van der Waals surface area (Å²) >= 11 is 12.4. The minimum absolute atomic E-state index is 0.468. The van der Waals surface area contributed by atoms with E-state index in [0.717, 1.165) is 24.4 Å². The quantitative estimate of drug-likeness (QED) is 0.704. The Morgan fingerprint density at radius 3 is 2.92 bits per heavy atom. The van der Waals surface area contributed by atoms with E-state index in [9.17, 15) is 0 Å². The SMILES string of the molecule is COc1cc(Nc2[c]cccc2OCCC2CCCN2)c(Cl)cc1Cl. The number of ether oxygens (including phenoxy) is 2. The highest BCUT2D eigenvalue weighted by atomic mass is 35.5. The van der Waals surface area contributed by atoms with Crippen molar-refractivity contribution < 1.29 is 9.47 Å². The zero-order valence-electron chi connectivity index (χ0n) is 14.1. The van der Waals surface area contributed by atoms with Gasteiger partial charge in [-0.25, -0.2) is 0 Å². The number of nitrogens with one attached hydrogen (secondary N) is 2. The second-order valence-corrected chi connectivity index (χ2v) is 6.75. The van der Waals surface area contributed by atoms with Crippen LogP contribution >= 0.6 is 23.2 Å². The molecule has 1 atom stereocenters. The average molecular weight is 380 g/mol. The number of methoxy groups -OCH3 is 1. The van der Waals surface area contributed by atoms with Crippen LogP contribution in [0.4, 0.5) is 11.4 Å². The maximum Gasteiger partial charge on any atom is 0.143 e. The summed E-state index contributed by atoms with van der Waals surface area (Å²) in [6.45, 7) is 1.76. The number of rotatable bonds is 7. The third kappa shape index (κ3) is 4.72. The van der Waals surface area contributed by atoms with Crippen molar-refractivity contribution in [2.75, 3.05) is 25.6 Å². The van der Waals surface area contributed by atoms with Crippen molar-refractivity contribution in [1.82, 2.24) is 5.32 Å². The molecule has 1 saturated heterocycles. The van der Waals surface area contributed by atoms with Crippen molar-refractivity contribution in [2.45, 2.75) is 25.3 Å². The van der Waals surface area contributed by atoms with Crippen molar-refractivity contribution in [3.05, 3.63) is 46.4 Å². The standard InChI is InChI=1S/C19H21Cl2N2O2/c1-24-19-12-17(14(20)11-15(19)21)23-16-6-2-3-7-18(16)25-10-8-13-5-4-9-22-13/h2-3,7,11-13,22-23H,4-5,8-10H2,1H3. The van der Waals surface area contributed by atoms with Gasteiger partial charge in [-0.15, -0.1) is 0 Å². The molecule has 133 valence electrons. The molecule has 0 spiro atoms. The molecular weight excluding hydrogens is 359 g/mol. The first-order valence-corrected chi connectivity index (χ1v) is 9.10. The average Bonchev–Trinajstić information content (AvgIpc) is 3.12. The van der Waals surface area contributed by atoms with Gasteiger partial charge in [-0.3, -0.25) is 0 Å². The van der Waals surface area contributed by atoms with Gasteiger partial charge in [-0.2, -0.15) is 0 Å². The lowest BCUT2D eigenvalue weighted by Crippen LogP contribution is -2.23. The zero-order chi connectivity index (χ0) is 17.6. The molecule has 6 heteroatoms. The van der Waals surface area contributed by atoms with Crippen molar-refractivity contribution in [2.24, 2.45) is 0 Å². The summed E-state index contributed by atoms with van der Waals surface area (Å²) in [5.74, 6) is 1.30. The van der Waals surface area contributed by atoms with Crippen LogP contribution in [0.1, 0.15) is 19.3 Å². The maximum atomic E-state index is 6.29. The molecule has 1 aliphatic rings. The van der Waals surface area contributed by atoms with Gasteiger partial charge in [-0.1, -0.05) is 35.3 Å². The summed E-state index contributed by atoms with van der Waals surface area (Å²) in [7, 11) is 1.57. The van der Waals surface area contributed by atoms with E-state index in [1.165, 1.54) is 12.8 Å². The molecule has 0 aromatic heterocycles. The molecular formula is C19H21Cl2N2O2. The Labute approximate surface area is 158 Å². The fourth-order valence-corrected chi connectivity index (χ4v) is 3.38. The van der Waals surface area contributed by atoms with Crippen LogP contribution in [0.5, 0.6) is 11.5 Å². The predicted octanol–water partition coefficient (Wildman–Crippen LogP) is 5.07. The molecule has 0 aliphatic carbocycles. The highest BCUT2D eigenvalue weighted by Gasteiger charge is 2.14.